The second-order valence-electron chi connectivity index (χ2n) is 6.60. The predicted octanol–water partition coefficient (Wildman–Crippen LogP) is 1.76. The van der Waals surface area contributed by atoms with E-state index >= 15 is 0 Å². The summed E-state index contributed by atoms with van der Waals surface area (Å²) in [7, 11) is -3.49. The number of nitrogens with one attached hydrogen (secondary N) is 2. The van der Waals surface area contributed by atoms with Gasteiger partial charge in [0.2, 0.25) is 10.0 Å². The van der Waals surface area contributed by atoms with Crippen molar-refractivity contribution in [2.24, 2.45) is 0 Å². The summed E-state index contributed by atoms with van der Waals surface area (Å²) in [6.07, 6.45) is 0. The summed E-state index contributed by atoms with van der Waals surface area (Å²) in [6.45, 7) is 8.50. The van der Waals surface area contributed by atoms with Crippen molar-refractivity contribution in [1.82, 2.24) is 4.31 Å². The number of benzene rings is 2. The first-order chi connectivity index (χ1) is 13.4. The smallest absolute Gasteiger partial charge is 0.279 e. The number of carbonyl (C=O) groups excluding carboxylic acids is 1. The molecule has 6 nitrogen and oxygen atoms in total. The summed E-state index contributed by atoms with van der Waals surface area (Å²) in [4.78, 5) is 13.8. The number of likely N-dealkylation sites (N-methyl/N-ethyl adjacent to an activating group) is 1. The lowest BCUT2D eigenvalue weighted by atomic mass is 10.2. The van der Waals surface area contributed by atoms with Crippen LogP contribution in [-0.2, 0) is 21.4 Å². The maximum absolute atomic E-state index is 12.5. The van der Waals surface area contributed by atoms with Crippen molar-refractivity contribution in [3.63, 3.8) is 0 Å². The van der Waals surface area contributed by atoms with E-state index in [-0.39, 0.29) is 10.8 Å². The van der Waals surface area contributed by atoms with Crippen LogP contribution in [0.5, 0.6) is 0 Å². The molecule has 28 heavy (non-hydrogen) atoms. The number of hydrogen-bond acceptors (Lipinski definition) is 3. The first kappa shape index (κ1) is 22.1. The third-order valence-corrected chi connectivity index (χ3v) is 6.75. The minimum atomic E-state index is -3.49. The quantitative estimate of drug-likeness (QED) is 0.634. The lowest BCUT2D eigenvalue weighted by Gasteiger charge is -2.19. The summed E-state index contributed by atoms with van der Waals surface area (Å²) in [5.41, 5.74) is 1.79. The van der Waals surface area contributed by atoms with Gasteiger partial charge in [0, 0.05) is 24.3 Å². The molecule has 7 heteroatoms. The van der Waals surface area contributed by atoms with Crippen LogP contribution in [0.15, 0.2) is 59.5 Å². The van der Waals surface area contributed by atoms with E-state index in [0.717, 1.165) is 18.0 Å². The Balaban J connectivity index is 1.98. The molecular formula is C21H30N3O3S+. The highest BCUT2D eigenvalue weighted by atomic mass is 32.2. The lowest BCUT2D eigenvalue weighted by molar-refractivity contribution is -0.903. The first-order valence-corrected chi connectivity index (χ1v) is 11.1. The molecule has 1 amide bonds. The Morgan fingerprint density at radius 2 is 1.57 bits per heavy atom. The highest BCUT2D eigenvalue weighted by Crippen LogP contribution is 2.18. The van der Waals surface area contributed by atoms with Gasteiger partial charge < -0.3 is 10.2 Å². The summed E-state index contributed by atoms with van der Waals surface area (Å²) in [5, 5.41) is 2.86. The van der Waals surface area contributed by atoms with Gasteiger partial charge in [-0.05, 0) is 31.2 Å². The third kappa shape index (κ3) is 5.89. The van der Waals surface area contributed by atoms with Crippen LogP contribution >= 0.6 is 0 Å². The molecule has 0 aliphatic carbocycles. The molecule has 0 radical (unpaired) electrons. The van der Waals surface area contributed by atoms with Gasteiger partial charge in [-0.15, -0.1) is 0 Å². The zero-order valence-electron chi connectivity index (χ0n) is 16.8. The van der Waals surface area contributed by atoms with E-state index in [0.29, 0.717) is 25.3 Å². The van der Waals surface area contributed by atoms with Gasteiger partial charge in [-0.2, -0.15) is 4.31 Å². The van der Waals surface area contributed by atoms with Gasteiger partial charge >= 0.3 is 0 Å². The van der Waals surface area contributed by atoms with Crippen molar-refractivity contribution in [2.75, 3.05) is 31.5 Å². The van der Waals surface area contributed by atoms with Crippen molar-refractivity contribution < 1.29 is 18.1 Å². The molecular weight excluding hydrogens is 374 g/mol. The van der Waals surface area contributed by atoms with Crippen LogP contribution in [0, 0.1) is 0 Å². The summed E-state index contributed by atoms with van der Waals surface area (Å²) < 4.78 is 26.5. The maximum atomic E-state index is 12.5. The molecule has 2 rings (SSSR count). The Labute approximate surface area is 168 Å². The highest BCUT2D eigenvalue weighted by Gasteiger charge is 2.21. The van der Waals surface area contributed by atoms with Crippen LogP contribution in [0.3, 0.4) is 0 Å². The van der Waals surface area contributed by atoms with Crippen molar-refractivity contribution in [1.29, 1.82) is 0 Å². The molecule has 0 aliphatic heterocycles. The fraction of sp³-hybridized carbons (Fsp3) is 0.381. The Morgan fingerprint density at radius 3 is 2.11 bits per heavy atom. The Hall–Kier alpha value is -2.22. The molecule has 2 N–H and O–H groups in total. The number of sulfonamides is 1. The van der Waals surface area contributed by atoms with Crippen LogP contribution < -0.4 is 10.2 Å². The lowest BCUT2D eigenvalue weighted by Crippen LogP contribution is -3.11. The van der Waals surface area contributed by atoms with Crippen LogP contribution in [0.25, 0.3) is 0 Å². The Kier molecular flexibility index (Phi) is 8.17. The van der Waals surface area contributed by atoms with E-state index in [1.54, 1.807) is 12.1 Å². The first-order valence-electron chi connectivity index (χ1n) is 9.68. The molecule has 0 saturated carbocycles. The number of nitrogens with zero attached hydrogens (tertiary/aromatic N) is 1. The van der Waals surface area contributed by atoms with E-state index < -0.39 is 10.0 Å². The molecule has 0 fully saturated rings. The minimum absolute atomic E-state index is 0.0906. The number of amides is 1. The van der Waals surface area contributed by atoms with Gasteiger partial charge in [0.15, 0.2) is 6.54 Å². The summed E-state index contributed by atoms with van der Waals surface area (Å²) >= 11 is 0. The summed E-state index contributed by atoms with van der Waals surface area (Å²) in [6, 6.07) is 16.4. The van der Waals surface area contributed by atoms with Crippen molar-refractivity contribution in [3.8, 4) is 0 Å². The third-order valence-electron chi connectivity index (χ3n) is 4.69. The minimum Gasteiger partial charge on any atom is -0.324 e. The molecule has 0 bridgehead atoms. The number of carbonyl (C=O) groups is 1. The van der Waals surface area contributed by atoms with Crippen molar-refractivity contribution >= 4 is 21.6 Å². The average Bonchev–Trinajstić information content (AvgIpc) is 2.69. The Bertz CT molecular complexity index is 848. The standard InChI is InChI=1S/C21H29N3O3S/c1-4-23(16-18-10-8-7-9-11-18)17-21(25)22-19-12-14-20(15-13-19)28(26,27)24(5-2)6-3/h7-15H,4-6,16-17H2,1-3H3,(H,22,25)/p+1. The van der Waals surface area contributed by atoms with E-state index in [2.05, 4.69) is 24.4 Å². The number of rotatable bonds is 10. The Morgan fingerprint density at radius 1 is 0.964 bits per heavy atom. The van der Waals surface area contributed by atoms with Gasteiger partial charge in [-0.25, -0.2) is 8.42 Å². The number of quaternary nitrogens is 1. The van der Waals surface area contributed by atoms with Crippen molar-refractivity contribution in [3.05, 3.63) is 60.2 Å². The van der Waals surface area contributed by atoms with Gasteiger partial charge in [0.1, 0.15) is 6.54 Å². The number of anilines is 1. The van der Waals surface area contributed by atoms with E-state index in [9.17, 15) is 13.2 Å². The SMILES string of the molecule is CCN(CC)S(=O)(=O)c1ccc(NC(=O)C[NH+](CC)Cc2ccccc2)cc1. The van der Waals surface area contributed by atoms with Gasteiger partial charge in [0.25, 0.3) is 5.91 Å². The maximum Gasteiger partial charge on any atom is 0.279 e. The fourth-order valence-corrected chi connectivity index (χ4v) is 4.51. The molecule has 2 aromatic rings. The zero-order valence-corrected chi connectivity index (χ0v) is 17.6. The molecule has 0 aromatic heterocycles. The van der Waals surface area contributed by atoms with E-state index in [4.69, 9.17) is 0 Å². The van der Waals surface area contributed by atoms with Crippen LogP contribution in [0.4, 0.5) is 5.69 Å². The van der Waals surface area contributed by atoms with Gasteiger partial charge in [-0.1, -0.05) is 44.2 Å². The predicted molar refractivity (Wildman–Crippen MR) is 112 cm³/mol. The average molecular weight is 405 g/mol. The molecule has 0 saturated heterocycles. The van der Waals surface area contributed by atoms with Crippen molar-refractivity contribution in [2.45, 2.75) is 32.2 Å². The van der Waals surface area contributed by atoms with E-state index in [1.807, 2.05) is 32.0 Å². The molecule has 0 heterocycles. The summed E-state index contributed by atoms with van der Waals surface area (Å²) in [5.74, 6) is -0.0906. The second-order valence-corrected chi connectivity index (χ2v) is 8.54. The molecule has 0 spiro atoms. The monoisotopic (exact) mass is 404 g/mol. The van der Waals surface area contributed by atoms with Gasteiger partial charge in [-0.3, -0.25) is 4.79 Å². The van der Waals surface area contributed by atoms with Gasteiger partial charge in [0.05, 0.1) is 11.4 Å². The van der Waals surface area contributed by atoms with Crippen LogP contribution in [0.2, 0.25) is 0 Å². The van der Waals surface area contributed by atoms with Crippen LogP contribution in [0.1, 0.15) is 26.3 Å². The molecule has 1 unspecified atom stereocenters. The number of hydrogen-bond donors (Lipinski definition) is 2. The molecule has 1 atom stereocenters. The molecule has 0 aliphatic rings. The largest absolute Gasteiger partial charge is 0.324 e. The molecule has 152 valence electrons. The normalized spacial score (nSPS) is 12.7. The molecule has 2 aromatic carbocycles. The van der Waals surface area contributed by atoms with E-state index in [1.165, 1.54) is 22.0 Å². The second kappa shape index (κ2) is 10.4. The topological polar surface area (TPSA) is 70.9 Å². The van der Waals surface area contributed by atoms with Crippen LogP contribution in [-0.4, -0.2) is 44.8 Å². The highest BCUT2D eigenvalue weighted by molar-refractivity contribution is 7.89. The zero-order chi connectivity index (χ0) is 20.6. The fourth-order valence-electron chi connectivity index (χ4n) is 3.05.